The van der Waals surface area contributed by atoms with E-state index in [2.05, 4.69) is 59.7 Å². The highest BCUT2D eigenvalue weighted by atomic mass is 15.2. The summed E-state index contributed by atoms with van der Waals surface area (Å²) in [6.07, 6.45) is 2.61. The lowest BCUT2D eigenvalue weighted by Gasteiger charge is -2.27. The first-order valence-electron chi connectivity index (χ1n) is 8.16. The molecule has 2 N–H and O–H groups in total. The van der Waals surface area contributed by atoms with Crippen molar-refractivity contribution in [3.63, 3.8) is 0 Å². The molecule has 1 aromatic carbocycles. The van der Waals surface area contributed by atoms with Gasteiger partial charge in [0, 0.05) is 13.1 Å². The average molecular weight is 288 g/mol. The van der Waals surface area contributed by atoms with Gasteiger partial charge in [0.2, 0.25) is 0 Å². The highest BCUT2D eigenvalue weighted by molar-refractivity contribution is 5.79. The molecule has 1 heterocycles. The van der Waals surface area contributed by atoms with E-state index in [1.54, 1.807) is 0 Å². The summed E-state index contributed by atoms with van der Waals surface area (Å²) < 4.78 is 0. The van der Waals surface area contributed by atoms with Crippen molar-refractivity contribution in [2.45, 2.75) is 32.7 Å². The second kappa shape index (κ2) is 8.67. The Morgan fingerprint density at radius 2 is 1.71 bits per heavy atom. The van der Waals surface area contributed by atoms with Gasteiger partial charge in [0.1, 0.15) is 0 Å². The third kappa shape index (κ3) is 4.74. The van der Waals surface area contributed by atoms with Gasteiger partial charge in [-0.25, -0.2) is 0 Å². The lowest BCUT2D eigenvalue weighted by molar-refractivity contribution is 0.251. The van der Waals surface area contributed by atoms with Gasteiger partial charge >= 0.3 is 0 Å². The molecule has 1 aromatic rings. The Kier molecular flexibility index (Phi) is 6.54. The van der Waals surface area contributed by atoms with Gasteiger partial charge in [-0.15, -0.1) is 0 Å². The van der Waals surface area contributed by atoms with Gasteiger partial charge in [-0.1, -0.05) is 30.3 Å². The van der Waals surface area contributed by atoms with Crippen LogP contribution >= 0.6 is 0 Å². The Morgan fingerprint density at radius 3 is 2.29 bits per heavy atom. The smallest absolute Gasteiger partial charge is 0.191 e. The minimum atomic E-state index is 0.390. The van der Waals surface area contributed by atoms with Crippen molar-refractivity contribution in [3.05, 3.63) is 35.9 Å². The summed E-state index contributed by atoms with van der Waals surface area (Å²) in [7, 11) is 0. The number of hydrogen-bond acceptors (Lipinski definition) is 2. The number of guanidine groups is 1. The van der Waals surface area contributed by atoms with Gasteiger partial charge in [0.05, 0.1) is 12.6 Å². The maximum absolute atomic E-state index is 4.78. The van der Waals surface area contributed by atoms with Crippen molar-refractivity contribution < 1.29 is 0 Å². The molecule has 0 aromatic heterocycles. The van der Waals surface area contributed by atoms with Crippen molar-refractivity contribution in [2.24, 2.45) is 4.99 Å². The molecule has 0 bridgehead atoms. The first-order valence-corrected chi connectivity index (χ1v) is 8.16. The summed E-state index contributed by atoms with van der Waals surface area (Å²) in [6, 6.07) is 11.2. The fourth-order valence-corrected chi connectivity index (χ4v) is 2.85. The molecule has 1 saturated heterocycles. The zero-order valence-corrected chi connectivity index (χ0v) is 13.3. The van der Waals surface area contributed by atoms with Crippen molar-refractivity contribution in [1.29, 1.82) is 0 Å². The van der Waals surface area contributed by atoms with E-state index in [1.165, 1.54) is 31.5 Å². The van der Waals surface area contributed by atoms with E-state index < -0.39 is 0 Å². The van der Waals surface area contributed by atoms with E-state index in [1.807, 2.05) is 0 Å². The second-order valence-electron chi connectivity index (χ2n) is 5.42. The normalized spacial score (nSPS) is 16.5. The molecule has 0 aliphatic carbocycles. The monoisotopic (exact) mass is 288 g/mol. The van der Waals surface area contributed by atoms with Gasteiger partial charge in [-0.2, -0.15) is 0 Å². The number of nitrogens with zero attached hydrogens (tertiary/aromatic N) is 2. The summed E-state index contributed by atoms with van der Waals surface area (Å²) in [6.45, 7) is 9.17. The van der Waals surface area contributed by atoms with Crippen LogP contribution in [-0.2, 0) is 0 Å². The predicted molar refractivity (Wildman–Crippen MR) is 89.6 cm³/mol. The van der Waals surface area contributed by atoms with Crippen LogP contribution in [0, 0.1) is 0 Å². The second-order valence-corrected chi connectivity index (χ2v) is 5.42. The van der Waals surface area contributed by atoms with Crippen LogP contribution < -0.4 is 10.6 Å². The molecule has 4 heteroatoms. The predicted octanol–water partition coefficient (Wildman–Crippen LogP) is 2.40. The van der Waals surface area contributed by atoms with E-state index in [4.69, 9.17) is 4.99 Å². The Hall–Kier alpha value is -1.55. The Morgan fingerprint density at radius 1 is 1.10 bits per heavy atom. The lowest BCUT2D eigenvalue weighted by atomic mass is 10.1. The largest absolute Gasteiger partial charge is 0.357 e. The molecule has 4 nitrogen and oxygen atoms in total. The van der Waals surface area contributed by atoms with Crippen LogP contribution in [0.1, 0.15) is 38.3 Å². The molecule has 1 atom stereocenters. The third-order valence-corrected chi connectivity index (χ3v) is 3.88. The van der Waals surface area contributed by atoms with Crippen LogP contribution in [0.3, 0.4) is 0 Å². The van der Waals surface area contributed by atoms with E-state index in [0.29, 0.717) is 6.04 Å². The zero-order valence-electron chi connectivity index (χ0n) is 13.3. The number of likely N-dealkylation sites (tertiary alicyclic amines) is 1. The van der Waals surface area contributed by atoms with Gasteiger partial charge in [0.15, 0.2) is 5.96 Å². The van der Waals surface area contributed by atoms with E-state index in [0.717, 1.165) is 25.6 Å². The first-order chi connectivity index (χ1) is 10.3. The molecule has 1 aliphatic rings. The summed E-state index contributed by atoms with van der Waals surface area (Å²) in [5.41, 5.74) is 1.37. The molecule has 0 spiro atoms. The molecule has 116 valence electrons. The summed E-state index contributed by atoms with van der Waals surface area (Å²) >= 11 is 0. The molecule has 1 fully saturated rings. The highest BCUT2D eigenvalue weighted by Gasteiger charge is 2.23. The summed E-state index contributed by atoms with van der Waals surface area (Å²) in [5.74, 6) is 0.917. The minimum Gasteiger partial charge on any atom is -0.357 e. The maximum atomic E-state index is 4.78. The van der Waals surface area contributed by atoms with E-state index in [9.17, 15) is 0 Å². The Balaban J connectivity index is 2.10. The lowest BCUT2D eigenvalue weighted by Crippen LogP contribution is -2.38. The third-order valence-electron chi connectivity index (χ3n) is 3.88. The molecule has 0 amide bonds. The van der Waals surface area contributed by atoms with E-state index >= 15 is 0 Å². The Bertz CT molecular complexity index is 416. The SMILES string of the molecule is CCNC(=NCC(c1ccccc1)N1CCCC1)NCC. The molecule has 0 saturated carbocycles. The molecule has 1 aliphatic heterocycles. The molecule has 0 radical (unpaired) electrons. The minimum absolute atomic E-state index is 0.390. The summed E-state index contributed by atoms with van der Waals surface area (Å²) in [4.78, 5) is 7.34. The van der Waals surface area contributed by atoms with Gasteiger partial charge in [0.25, 0.3) is 0 Å². The van der Waals surface area contributed by atoms with Crippen molar-refractivity contribution >= 4 is 5.96 Å². The van der Waals surface area contributed by atoms with Crippen molar-refractivity contribution in [2.75, 3.05) is 32.7 Å². The van der Waals surface area contributed by atoms with Crippen molar-refractivity contribution in [3.8, 4) is 0 Å². The fourth-order valence-electron chi connectivity index (χ4n) is 2.85. The van der Waals surface area contributed by atoms with Crippen LogP contribution in [0.5, 0.6) is 0 Å². The standard InChI is InChI=1S/C17H28N4/c1-3-18-17(19-4-2)20-14-16(21-12-8-9-13-21)15-10-6-5-7-11-15/h5-7,10-11,16H,3-4,8-9,12-14H2,1-2H3,(H2,18,19,20). The maximum Gasteiger partial charge on any atom is 0.191 e. The van der Waals surface area contributed by atoms with Crippen LogP contribution in [0.15, 0.2) is 35.3 Å². The topological polar surface area (TPSA) is 39.7 Å². The van der Waals surface area contributed by atoms with Crippen LogP contribution in [-0.4, -0.2) is 43.6 Å². The number of rotatable bonds is 6. The van der Waals surface area contributed by atoms with Gasteiger partial charge < -0.3 is 10.6 Å². The summed E-state index contributed by atoms with van der Waals surface area (Å²) in [5, 5.41) is 6.60. The van der Waals surface area contributed by atoms with Gasteiger partial charge in [-0.05, 0) is 45.3 Å². The van der Waals surface area contributed by atoms with Crippen LogP contribution in [0.2, 0.25) is 0 Å². The molecular weight excluding hydrogens is 260 g/mol. The fraction of sp³-hybridized carbons (Fsp3) is 0.588. The molecule has 1 unspecified atom stereocenters. The Labute approximate surface area is 128 Å². The zero-order chi connectivity index (χ0) is 14.9. The quantitative estimate of drug-likeness (QED) is 0.624. The highest BCUT2D eigenvalue weighted by Crippen LogP contribution is 2.25. The number of benzene rings is 1. The molecule has 2 rings (SSSR count). The van der Waals surface area contributed by atoms with Crippen LogP contribution in [0.4, 0.5) is 0 Å². The number of hydrogen-bond donors (Lipinski definition) is 2. The molecular formula is C17H28N4. The van der Waals surface area contributed by atoms with Crippen molar-refractivity contribution in [1.82, 2.24) is 15.5 Å². The number of nitrogens with one attached hydrogen (secondary N) is 2. The number of aliphatic imine (C=N–C) groups is 1. The van der Waals surface area contributed by atoms with Crippen LogP contribution in [0.25, 0.3) is 0 Å². The molecule has 21 heavy (non-hydrogen) atoms. The van der Waals surface area contributed by atoms with Gasteiger partial charge in [-0.3, -0.25) is 9.89 Å². The first kappa shape index (κ1) is 15.8. The average Bonchev–Trinajstić information content (AvgIpc) is 3.03. The van der Waals surface area contributed by atoms with E-state index in [-0.39, 0.29) is 0 Å².